The van der Waals surface area contributed by atoms with Gasteiger partial charge in [-0.05, 0) is 35.9 Å². The zero-order valence-corrected chi connectivity index (χ0v) is 14.1. The van der Waals surface area contributed by atoms with Crippen LogP contribution in [0.15, 0.2) is 78.1 Å². The molecule has 5 nitrogen and oxygen atoms in total. The summed E-state index contributed by atoms with van der Waals surface area (Å²) in [6.45, 7) is 0.282. The summed E-state index contributed by atoms with van der Waals surface area (Å²) in [4.78, 5) is 9.48. The molecule has 25 heavy (non-hydrogen) atoms. The molecule has 2 aromatic carbocycles. The summed E-state index contributed by atoms with van der Waals surface area (Å²) >= 11 is 5.92. The van der Waals surface area contributed by atoms with E-state index in [1.165, 1.54) is 0 Å². The molecule has 0 saturated carbocycles. The van der Waals surface area contributed by atoms with E-state index in [1.54, 1.807) is 24.4 Å². The van der Waals surface area contributed by atoms with Crippen LogP contribution in [0.2, 0.25) is 5.02 Å². The molecule has 0 aliphatic heterocycles. The number of ether oxygens (including phenoxy) is 1. The van der Waals surface area contributed by atoms with E-state index >= 15 is 0 Å². The first kappa shape index (κ1) is 16.8. The maximum Gasteiger partial charge on any atom is 0.219 e. The summed E-state index contributed by atoms with van der Waals surface area (Å²) in [5.41, 5.74) is 7.47. The summed E-state index contributed by atoms with van der Waals surface area (Å²) in [6.07, 6.45) is 1.58. The van der Waals surface area contributed by atoms with Crippen LogP contribution < -0.4 is 10.5 Å². The van der Waals surface area contributed by atoms with Gasteiger partial charge in [-0.2, -0.15) is 0 Å². The fourth-order valence-electron chi connectivity index (χ4n) is 2.06. The summed E-state index contributed by atoms with van der Waals surface area (Å²) in [5.74, 6) is 1.43. The molecule has 0 fully saturated rings. The SMILES string of the molecule is N/C(=N/OCc1cccc(Cl)c1)c1ccc(Oc2ccccc2)nc1. The van der Waals surface area contributed by atoms with Crippen LogP contribution >= 0.6 is 11.6 Å². The second-order valence-corrected chi connectivity index (χ2v) is 5.62. The van der Waals surface area contributed by atoms with E-state index in [4.69, 9.17) is 26.9 Å². The molecule has 126 valence electrons. The maximum atomic E-state index is 5.92. The van der Waals surface area contributed by atoms with E-state index in [0.717, 1.165) is 5.56 Å². The topological polar surface area (TPSA) is 69.7 Å². The predicted octanol–water partition coefficient (Wildman–Crippen LogP) is 4.36. The van der Waals surface area contributed by atoms with Gasteiger partial charge >= 0.3 is 0 Å². The number of nitrogens with two attached hydrogens (primary N) is 1. The number of oxime groups is 1. The fourth-order valence-corrected chi connectivity index (χ4v) is 2.27. The van der Waals surface area contributed by atoms with Crippen molar-refractivity contribution in [3.05, 3.63) is 89.1 Å². The lowest BCUT2D eigenvalue weighted by Crippen LogP contribution is -2.14. The van der Waals surface area contributed by atoms with Crippen molar-refractivity contribution >= 4 is 17.4 Å². The van der Waals surface area contributed by atoms with Gasteiger partial charge in [-0.3, -0.25) is 0 Å². The van der Waals surface area contributed by atoms with Crippen molar-refractivity contribution in [2.75, 3.05) is 0 Å². The molecule has 0 aliphatic carbocycles. The fraction of sp³-hybridized carbons (Fsp3) is 0.0526. The Morgan fingerprint density at radius 1 is 1.04 bits per heavy atom. The van der Waals surface area contributed by atoms with Gasteiger partial charge in [0.2, 0.25) is 5.88 Å². The lowest BCUT2D eigenvalue weighted by molar-refractivity contribution is 0.130. The highest BCUT2D eigenvalue weighted by Gasteiger charge is 2.03. The minimum Gasteiger partial charge on any atom is -0.439 e. The van der Waals surface area contributed by atoms with Crippen LogP contribution in [0.5, 0.6) is 11.6 Å². The summed E-state index contributed by atoms with van der Waals surface area (Å²) in [6, 6.07) is 20.3. The first-order chi connectivity index (χ1) is 12.2. The minimum absolute atomic E-state index is 0.237. The first-order valence-corrected chi connectivity index (χ1v) is 7.98. The van der Waals surface area contributed by atoms with E-state index < -0.39 is 0 Å². The zero-order valence-electron chi connectivity index (χ0n) is 13.3. The van der Waals surface area contributed by atoms with E-state index in [2.05, 4.69) is 10.1 Å². The van der Waals surface area contributed by atoms with Crippen molar-refractivity contribution in [3.63, 3.8) is 0 Å². The van der Waals surface area contributed by atoms with Crippen LogP contribution in [0.3, 0.4) is 0 Å². The van der Waals surface area contributed by atoms with Gasteiger partial charge in [0, 0.05) is 22.8 Å². The first-order valence-electron chi connectivity index (χ1n) is 7.60. The molecule has 2 N–H and O–H groups in total. The second-order valence-electron chi connectivity index (χ2n) is 5.18. The molecule has 0 saturated heterocycles. The number of pyridine rings is 1. The average Bonchev–Trinajstić information content (AvgIpc) is 2.63. The molecule has 0 spiro atoms. The highest BCUT2D eigenvalue weighted by molar-refractivity contribution is 6.30. The number of hydrogen-bond acceptors (Lipinski definition) is 4. The molecule has 3 rings (SSSR count). The van der Waals surface area contributed by atoms with Crippen LogP contribution in [0.25, 0.3) is 0 Å². The molecule has 0 bridgehead atoms. The van der Waals surface area contributed by atoms with Gasteiger partial charge < -0.3 is 15.3 Å². The third-order valence-electron chi connectivity index (χ3n) is 3.28. The van der Waals surface area contributed by atoms with Crippen LogP contribution in [0.4, 0.5) is 0 Å². The summed E-state index contributed by atoms with van der Waals surface area (Å²) in [5, 5.41) is 4.55. The monoisotopic (exact) mass is 353 g/mol. The third-order valence-corrected chi connectivity index (χ3v) is 3.52. The van der Waals surface area contributed by atoms with E-state index in [0.29, 0.717) is 22.2 Å². The van der Waals surface area contributed by atoms with Crippen molar-refractivity contribution in [1.29, 1.82) is 0 Å². The molecule has 6 heteroatoms. The average molecular weight is 354 g/mol. The molecule has 0 atom stereocenters. The number of hydrogen-bond donors (Lipinski definition) is 1. The van der Waals surface area contributed by atoms with Crippen LogP contribution in [0.1, 0.15) is 11.1 Å². The zero-order chi connectivity index (χ0) is 17.5. The van der Waals surface area contributed by atoms with E-state index in [-0.39, 0.29) is 12.4 Å². The Hall–Kier alpha value is -3.05. The molecule has 0 radical (unpaired) electrons. The molecule has 0 amide bonds. The number of halogens is 1. The molecule has 0 unspecified atom stereocenters. The Morgan fingerprint density at radius 3 is 2.60 bits per heavy atom. The van der Waals surface area contributed by atoms with Gasteiger partial charge in [0.25, 0.3) is 0 Å². The van der Waals surface area contributed by atoms with Crippen molar-refractivity contribution in [1.82, 2.24) is 4.98 Å². The van der Waals surface area contributed by atoms with Crippen LogP contribution in [-0.4, -0.2) is 10.8 Å². The Kier molecular flexibility index (Phi) is 5.49. The van der Waals surface area contributed by atoms with Gasteiger partial charge in [0.05, 0.1) is 0 Å². The van der Waals surface area contributed by atoms with Gasteiger partial charge in [-0.15, -0.1) is 0 Å². The molecule has 3 aromatic rings. The highest BCUT2D eigenvalue weighted by Crippen LogP contribution is 2.18. The predicted molar refractivity (Wildman–Crippen MR) is 97.7 cm³/mol. The third kappa shape index (κ3) is 4.96. The summed E-state index contributed by atoms with van der Waals surface area (Å²) < 4.78 is 5.63. The van der Waals surface area contributed by atoms with Crippen molar-refractivity contribution in [2.24, 2.45) is 10.9 Å². The quantitative estimate of drug-likeness (QED) is 0.406. The number of rotatable bonds is 6. The van der Waals surface area contributed by atoms with Gasteiger partial charge in [0.1, 0.15) is 12.4 Å². The number of aromatic nitrogens is 1. The standard InChI is InChI=1S/C19H16ClN3O2/c20-16-6-4-5-14(11-16)13-24-23-19(21)15-9-10-18(22-12-15)25-17-7-2-1-3-8-17/h1-12H,13H2,(H2,21,23). The Labute approximate surface area is 150 Å². The molecule has 1 aromatic heterocycles. The Morgan fingerprint density at radius 2 is 1.88 bits per heavy atom. The lowest BCUT2D eigenvalue weighted by Gasteiger charge is -2.06. The number of benzene rings is 2. The largest absolute Gasteiger partial charge is 0.439 e. The van der Waals surface area contributed by atoms with E-state index in [9.17, 15) is 0 Å². The Bertz CT molecular complexity index is 852. The molecular weight excluding hydrogens is 338 g/mol. The smallest absolute Gasteiger partial charge is 0.219 e. The maximum absolute atomic E-state index is 5.92. The van der Waals surface area contributed by atoms with Crippen LogP contribution in [-0.2, 0) is 11.4 Å². The minimum atomic E-state index is 0.237. The molecule has 1 heterocycles. The lowest BCUT2D eigenvalue weighted by atomic mass is 10.2. The Balaban J connectivity index is 1.59. The van der Waals surface area contributed by atoms with Crippen molar-refractivity contribution in [3.8, 4) is 11.6 Å². The van der Waals surface area contributed by atoms with E-state index in [1.807, 2.05) is 48.5 Å². The van der Waals surface area contributed by atoms with Crippen LogP contribution in [0, 0.1) is 0 Å². The number of amidine groups is 1. The molecule has 0 aliphatic rings. The number of para-hydroxylation sites is 1. The van der Waals surface area contributed by atoms with Gasteiger partial charge in [0.15, 0.2) is 5.84 Å². The van der Waals surface area contributed by atoms with Gasteiger partial charge in [-0.25, -0.2) is 4.98 Å². The normalized spacial score (nSPS) is 11.2. The second kappa shape index (κ2) is 8.17. The van der Waals surface area contributed by atoms with Gasteiger partial charge in [-0.1, -0.05) is 47.1 Å². The van der Waals surface area contributed by atoms with Crippen molar-refractivity contribution < 1.29 is 9.57 Å². The number of nitrogens with zero attached hydrogens (tertiary/aromatic N) is 2. The molecular formula is C19H16ClN3O2. The highest BCUT2D eigenvalue weighted by atomic mass is 35.5. The summed E-state index contributed by atoms with van der Waals surface area (Å²) in [7, 11) is 0. The van der Waals surface area contributed by atoms with Crippen molar-refractivity contribution in [2.45, 2.75) is 6.61 Å².